The molecule has 0 bridgehead atoms. The van der Waals surface area contributed by atoms with E-state index in [-0.39, 0.29) is 6.04 Å². The Balaban J connectivity index is 2.09. The molecular formula is C11H14N4. The van der Waals surface area contributed by atoms with Gasteiger partial charge in [-0.05, 0) is 37.3 Å². The molecule has 0 spiro atoms. The Morgan fingerprint density at radius 2 is 2.33 bits per heavy atom. The standard InChI is InChI=1S/C11H14N4/c1-6-4-5-13-11-9(6)14-10(15-11)8(12)7-2-3-7/h4-5,7-8H,2-3,12H2,1H3,(H,13,14,15). The molecule has 3 rings (SSSR count). The maximum Gasteiger partial charge on any atom is 0.178 e. The minimum Gasteiger partial charge on any atom is -0.339 e. The minimum absolute atomic E-state index is 0.0543. The lowest BCUT2D eigenvalue weighted by Gasteiger charge is -2.04. The van der Waals surface area contributed by atoms with E-state index < -0.39 is 0 Å². The summed E-state index contributed by atoms with van der Waals surface area (Å²) < 4.78 is 0. The average Bonchev–Trinajstić information content (AvgIpc) is 2.97. The van der Waals surface area contributed by atoms with E-state index in [1.54, 1.807) is 6.20 Å². The third-order valence-electron chi connectivity index (χ3n) is 3.06. The third-order valence-corrected chi connectivity index (χ3v) is 3.06. The average molecular weight is 202 g/mol. The van der Waals surface area contributed by atoms with Gasteiger partial charge >= 0.3 is 0 Å². The summed E-state index contributed by atoms with van der Waals surface area (Å²) >= 11 is 0. The lowest BCUT2D eigenvalue weighted by Crippen LogP contribution is -2.13. The van der Waals surface area contributed by atoms with E-state index in [9.17, 15) is 0 Å². The first kappa shape index (κ1) is 8.85. The molecule has 0 saturated heterocycles. The van der Waals surface area contributed by atoms with Gasteiger partial charge in [0.15, 0.2) is 5.65 Å². The third kappa shape index (κ3) is 1.41. The van der Waals surface area contributed by atoms with Crippen LogP contribution in [0.1, 0.15) is 30.3 Å². The molecule has 2 aromatic rings. The fourth-order valence-corrected chi connectivity index (χ4v) is 1.89. The molecule has 2 aromatic heterocycles. The Labute approximate surface area is 87.9 Å². The number of rotatable bonds is 2. The van der Waals surface area contributed by atoms with Crippen LogP contribution in [0.2, 0.25) is 0 Å². The van der Waals surface area contributed by atoms with E-state index in [4.69, 9.17) is 5.73 Å². The predicted molar refractivity (Wildman–Crippen MR) is 58.3 cm³/mol. The summed E-state index contributed by atoms with van der Waals surface area (Å²) in [6.07, 6.45) is 4.24. The SMILES string of the molecule is Cc1ccnc2nc(C(N)C3CC3)[nH]c12. The molecule has 78 valence electrons. The van der Waals surface area contributed by atoms with Crippen molar-refractivity contribution in [3.8, 4) is 0 Å². The Hall–Kier alpha value is -1.42. The van der Waals surface area contributed by atoms with Crippen molar-refractivity contribution in [2.24, 2.45) is 11.7 Å². The molecule has 0 radical (unpaired) electrons. The normalized spacial score (nSPS) is 18.3. The number of fused-ring (bicyclic) bond motifs is 1. The number of pyridine rings is 1. The summed E-state index contributed by atoms with van der Waals surface area (Å²) in [7, 11) is 0. The monoisotopic (exact) mass is 202 g/mol. The zero-order valence-electron chi connectivity index (χ0n) is 8.70. The number of nitrogens with two attached hydrogens (primary N) is 1. The highest BCUT2D eigenvalue weighted by atomic mass is 15.0. The molecule has 4 nitrogen and oxygen atoms in total. The van der Waals surface area contributed by atoms with Crippen molar-refractivity contribution in [1.29, 1.82) is 0 Å². The molecule has 1 saturated carbocycles. The number of nitrogens with one attached hydrogen (secondary N) is 1. The number of aryl methyl sites for hydroxylation is 1. The van der Waals surface area contributed by atoms with E-state index in [0.717, 1.165) is 17.0 Å². The van der Waals surface area contributed by atoms with Gasteiger partial charge in [-0.15, -0.1) is 0 Å². The fraction of sp³-hybridized carbons (Fsp3) is 0.455. The van der Waals surface area contributed by atoms with Crippen LogP contribution in [0.5, 0.6) is 0 Å². The van der Waals surface area contributed by atoms with Crippen LogP contribution < -0.4 is 5.73 Å². The van der Waals surface area contributed by atoms with Crippen molar-refractivity contribution in [3.63, 3.8) is 0 Å². The van der Waals surface area contributed by atoms with E-state index >= 15 is 0 Å². The van der Waals surface area contributed by atoms with Gasteiger partial charge in [0.25, 0.3) is 0 Å². The minimum atomic E-state index is 0.0543. The molecule has 1 aliphatic carbocycles. The Morgan fingerprint density at radius 3 is 3.00 bits per heavy atom. The number of hydrogen-bond acceptors (Lipinski definition) is 3. The maximum absolute atomic E-state index is 6.09. The lowest BCUT2D eigenvalue weighted by atomic mass is 10.2. The van der Waals surface area contributed by atoms with E-state index in [1.165, 1.54) is 18.4 Å². The molecule has 0 amide bonds. The summed E-state index contributed by atoms with van der Waals surface area (Å²) in [6, 6.07) is 2.03. The topological polar surface area (TPSA) is 67.6 Å². The van der Waals surface area contributed by atoms with Crippen LogP contribution in [0.4, 0.5) is 0 Å². The fourth-order valence-electron chi connectivity index (χ4n) is 1.89. The Morgan fingerprint density at radius 1 is 1.53 bits per heavy atom. The van der Waals surface area contributed by atoms with Crippen LogP contribution in [0.25, 0.3) is 11.2 Å². The van der Waals surface area contributed by atoms with Gasteiger partial charge in [0.1, 0.15) is 5.82 Å². The molecule has 0 aliphatic heterocycles. The molecule has 2 heterocycles. The van der Waals surface area contributed by atoms with Gasteiger partial charge in [0, 0.05) is 6.20 Å². The number of imidazole rings is 1. The van der Waals surface area contributed by atoms with Crippen molar-refractivity contribution in [1.82, 2.24) is 15.0 Å². The predicted octanol–water partition coefficient (Wildman–Crippen LogP) is 1.68. The van der Waals surface area contributed by atoms with Crippen molar-refractivity contribution in [3.05, 3.63) is 23.7 Å². The van der Waals surface area contributed by atoms with E-state index in [1.807, 2.05) is 6.07 Å². The van der Waals surface area contributed by atoms with Gasteiger partial charge in [-0.3, -0.25) is 0 Å². The molecule has 1 atom stereocenters. The zero-order valence-corrected chi connectivity index (χ0v) is 8.70. The summed E-state index contributed by atoms with van der Waals surface area (Å²) in [4.78, 5) is 12.0. The van der Waals surface area contributed by atoms with Gasteiger partial charge in [-0.25, -0.2) is 9.97 Å². The second-order valence-corrected chi connectivity index (χ2v) is 4.31. The first-order valence-corrected chi connectivity index (χ1v) is 5.32. The first-order valence-electron chi connectivity index (χ1n) is 5.32. The molecule has 3 N–H and O–H groups in total. The smallest absolute Gasteiger partial charge is 0.178 e. The van der Waals surface area contributed by atoms with Crippen molar-refractivity contribution in [2.75, 3.05) is 0 Å². The number of aromatic amines is 1. The molecule has 1 fully saturated rings. The van der Waals surface area contributed by atoms with Crippen LogP contribution in [0.15, 0.2) is 12.3 Å². The van der Waals surface area contributed by atoms with Gasteiger partial charge in [0.05, 0.1) is 11.6 Å². The molecule has 1 aliphatic rings. The van der Waals surface area contributed by atoms with Crippen LogP contribution in [0.3, 0.4) is 0 Å². The summed E-state index contributed by atoms with van der Waals surface area (Å²) in [5.41, 5.74) is 9.06. The number of nitrogens with zero attached hydrogens (tertiary/aromatic N) is 2. The quantitative estimate of drug-likeness (QED) is 0.778. The molecule has 0 aromatic carbocycles. The number of H-pyrrole nitrogens is 1. The van der Waals surface area contributed by atoms with Gasteiger partial charge in [0.2, 0.25) is 0 Å². The number of aromatic nitrogens is 3. The second kappa shape index (κ2) is 3.03. The zero-order chi connectivity index (χ0) is 10.4. The molecule has 4 heteroatoms. The highest BCUT2D eigenvalue weighted by molar-refractivity contribution is 5.74. The highest BCUT2D eigenvalue weighted by Crippen LogP contribution is 2.38. The molecule has 1 unspecified atom stereocenters. The summed E-state index contributed by atoms with van der Waals surface area (Å²) in [6.45, 7) is 2.05. The van der Waals surface area contributed by atoms with Gasteiger partial charge in [-0.2, -0.15) is 0 Å². The van der Waals surface area contributed by atoms with Gasteiger partial charge < -0.3 is 10.7 Å². The van der Waals surface area contributed by atoms with E-state index in [0.29, 0.717) is 5.92 Å². The van der Waals surface area contributed by atoms with Crippen molar-refractivity contribution < 1.29 is 0 Å². The molecular weight excluding hydrogens is 188 g/mol. The highest BCUT2D eigenvalue weighted by Gasteiger charge is 2.31. The second-order valence-electron chi connectivity index (χ2n) is 4.31. The maximum atomic E-state index is 6.09. The molecule has 15 heavy (non-hydrogen) atoms. The van der Waals surface area contributed by atoms with Crippen molar-refractivity contribution in [2.45, 2.75) is 25.8 Å². The summed E-state index contributed by atoms with van der Waals surface area (Å²) in [5.74, 6) is 1.50. The largest absolute Gasteiger partial charge is 0.339 e. The Kier molecular flexibility index (Phi) is 1.79. The van der Waals surface area contributed by atoms with Crippen LogP contribution >= 0.6 is 0 Å². The van der Waals surface area contributed by atoms with Crippen LogP contribution in [-0.4, -0.2) is 15.0 Å². The van der Waals surface area contributed by atoms with E-state index in [2.05, 4.69) is 21.9 Å². The van der Waals surface area contributed by atoms with Crippen LogP contribution in [0, 0.1) is 12.8 Å². The van der Waals surface area contributed by atoms with Crippen molar-refractivity contribution >= 4 is 11.2 Å². The lowest BCUT2D eigenvalue weighted by molar-refractivity contribution is 0.602. The first-order chi connectivity index (χ1) is 7.25. The van der Waals surface area contributed by atoms with Gasteiger partial charge in [-0.1, -0.05) is 0 Å². The summed E-state index contributed by atoms with van der Waals surface area (Å²) in [5, 5.41) is 0. The number of hydrogen-bond donors (Lipinski definition) is 2. The Bertz CT molecular complexity index is 498. The van der Waals surface area contributed by atoms with Crippen LogP contribution in [-0.2, 0) is 0 Å².